The molecule has 1 amide bonds. The van der Waals surface area contributed by atoms with Crippen molar-refractivity contribution < 1.29 is 13.2 Å². The molecular formula is C20H27N3O3S2. The smallest absolute Gasteiger partial charge is 0.252 e. The monoisotopic (exact) mass is 421 g/mol. The van der Waals surface area contributed by atoms with E-state index in [0.29, 0.717) is 30.1 Å². The molecule has 6 nitrogen and oxygen atoms in total. The van der Waals surface area contributed by atoms with Crippen molar-refractivity contribution in [1.29, 1.82) is 0 Å². The SMILES string of the molecule is CN(C)CC(NC(=O)C1CCCN(S(=O)(=O)c2cccs2)C1)c1ccccc1. The van der Waals surface area contributed by atoms with E-state index in [1.165, 1.54) is 15.6 Å². The molecule has 0 aliphatic carbocycles. The third-order valence-electron chi connectivity index (χ3n) is 4.91. The molecule has 1 aliphatic heterocycles. The van der Waals surface area contributed by atoms with Gasteiger partial charge in [-0.1, -0.05) is 36.4 Å². The second-order valence-corrected chi connectivity index (χ2v) is 10.5. The van der Waals surface area contributed by atoms with Gasteiger partial charge in [0.1, 0.15) is 4.21 Å². The molecule has 1 saturated heterocycles. The zero-order valence-electron chi connectivity index (χ0n) is 16.2. The molecule has 3 rings (SSSR count). The van der Waals surface area contributed by atoms with Gasteiger partial charge in [0.2, 0.25) is 5.91 Å². The molecule has 28 heavy (non-hydrogen) atoms. The van der Waals surface area contributed by atoms with Gasteiger partial charge in [0, 0.05) is 19.6 Å². The van der Waals surface area contributed by atoms with E-state index >= 15 is 0 Å². The largest absolute Gasteiger partial charge is 0.348 e. The zero-order valence-corrected chi connectivity index (χ0v) is 17.9. The highest BCUT2D eigenvalue weighted by molar-refractivity contribution is 7.91. The fourth-order valence-electron chi connectivity index (χ4n) is 3.49. The Morgan fingerprint density at radius 2 is 2.00 bits per heavy atom. The highest BCUT2D eigenvalue weighted by atomic mass is 32.2. The molecule has 0 bridgehead atoms. The molecule has 1 aromatic carbocycles. The van der Waals surface area contributed by atoms with E-state index in [-0.39, 0.29) is 24.4 Å². The molecule has 152 valence electrons. The van der Waals surface area contributed by atoms with Crippen molar-refractivity contribution in [2.45, 2.75) is 23.1 Å². The molecule has 1 aliphatic rings. The molecule has 0 radical (unpaired) electrons. The summed E-state index contributed by atoms with van der Waals surface area (Å²) in [4.78, 5) is 15.0. The Labute approximate surface area is 171 Å². The van der Waals surface area contributed by atoms with Crippen LogP contribution in [0.4, 0.5) is 0 Å². The van der Waals surface area contributed by atoms with E-state index in [4.69, 9.17) is 0 Å². The Morgan fingerprint density at radius 3 is 2.64 bits per heavy atom. The zero-order chi connectivity index (χ0) is 20.1. The highest BCUT2D eigenvalue weighted by Gasteiger charge is 2.34. The molecule has 2 aromatic rings. The summed E-state index contributed by atoms with van der Waals surface area (Å²) in [6, 6.07) is 13.1. The number of hydrogen-bond acceptors (Lipinski definition) is 5. The minimum absolute atomic E-state index is 0.0817. The maximum atomic E-state index is 13.0. The summed E-state index contributed by atoms with van der Waals surface area (Å²) in [5, 5.41) is 4.90. The predicted octanol–water partition coefficient (Wildman–Crippen LogP) is 2.57. The van der Waals surface area contributed by atoms with E-state index < -0.39 is 10.0 Å². The van der Waals surface area contributed by atoms with Crippen LogP contribution in [0.1, 0.15) is 24.4 Å². The highest BCUT2D eigenvalue weighted by Crippen LogP contribution is 2.27. The van der Waals surface area contributed by atoms with Crippen molar-refractivity contribution in [3.05, 3.63) is 53.4 Å². The first-order valence-electron chi connectivity index (χ1n) is 9.41. The van der Waals surface area contributed by atoms with Crippen LogP contribution in [0.5, 0.6) is 0 Å². The Morgan fingerprint density at radius 1 is 1.25 bits per heavy atom. The molecule has 2 atom stereocenters. The van der Waals surface area contributed by atoms with Gasteiger partial charge in [-0.15, -0.1) is 11.3 Å². The molecule has 2 heterocycles. The second-order valence-electron chi connectivity index (χ2n) is 7.37. The van der Waals surface area contributed by atoms with Gasteiger partial charge in [0.15, 0.2) is 0 Å². The molecule has 1 N–H and O–H groups in total. The molecule has 8 heteroatoms. The number of rotatable bonds is 7. The number of sulfonamides is 1. The van der Waals surface area contributed by atoms with E-state index in [9.17, 15) is 13.2 Å². The summed E-state index contributed by atoms with van der Waals surface area (Å²) >= 11 is 1.21. The number of thiophene rings is 1. The predicted molar refractivity (Wildman–Crippen MR) is 112 cm³/mol. The third-order valence-corrected chi connectivity index (χ3v) is 8.15. The Kier molecular flexibility index (Phi) is 6.87. The van der Waals surface area contributed by atoms with Crippen LogP contribution in [0.15, 0.2) is 52.1 Å². The van der Waals surface area contributed by atoms with Gasteiger partial charge in [-0.3, -0.25) is 4.79 Å². The van der Waals surface area contributed by atoms with E-state index in [0.717, 1.165) is 5.56 Å². The average Bonchev–Trinajstić information content (AvgIpc) is 3.23. The van der Waals surface area contributed by atoms with Crippen LogP contribution in [0, 0.1) is 5.92 Å². The van der Waals surface area contributed by atoms with Gasteiger partial charge < -0.3 is 10.2 Å². The van der Waals surface area contributed by atoms with E-state index in [1.807, 2.05) is 49.3 Å². The number of benzene rings is 1. The van der Waals surface area contributed by atoms with Crippen LogP contribution < -0.4 is 5.32 Å². The fourth-order valence-corrected chi connectivity index (χ4v) is 6.16. The summed E-state index contributed by atoms with van der Waals surface area (Å²) in [7, 11) is 0.419. The van der Waals surface area contributed by atoms with E-state index in [2.05, 4.69) is 5.32 Å². The summed E-state index contributed by atoms with van der Waals surface area (Å²) in [6.07, 6.45) is 1.39. The summed E-state index contributed by atoms with van der Waals surface area (Å²) in [5.74, 6) is -0.418. The number of amides is 1. The third kappa shape index (κ3) is 5.00. The number of carbonyl (C=O) groups is 1. The molecule has 1 fully saturated rings. The number of nitrogens with zero attached hydrogens (tertiary/aromatic N) is 2. The number of carbonyl (C=O) groups excluding carboxylic acids is 1. The van der Waals surface area contributed by atoms with Crippen LogP contribution in [-0.2, 0) is 14.8 Å². The number of nitrogens with one attached hydrogen (secondary N) is 1. The normalized spacial score (nSPS) is 19.5. The summed E-state index contributed by atoms with van der Waals surface area (Å²) in [5.41, 5.74) is 1.04. The molecule has 1 aromatic heterocycles. The minimum atomic E-state index is -3.52. The van der Waals surface area contributed by atoms with Crippen LogP contribution in [0.2, 0.25) is 0 Å². The van der Waals surface area contributed by atoms with Crippen molar-refractivity contribution in [2.75, 3.05) is 33.7 Å². The Hall–Kier alpha value is -1.74. The lowest BCUT2D eigenvalue weighted by Crippen LogP contribution is -2.46. The van der Waals surface area contributed by atoms with Crippen molar-refractivity contribution in [3.8, 4) is 0 Å². The lowest BCUT2D eigenvalue weighted by atomic mass is 9.97. The second kappa shape index (κ2) is 9.17. The average molecular weight is 422 g/mol. The van der Waals surface area contributed by atoms with Crippen LogP contribution in [0.3, 0.4) is 0 Å². The summed E-state index contributed by atoms with van der Waals surface area (Å²) < 4.78 is 27.4. The fraction of sp³-hybridized carbons (Fsp3) is 0.450. The Balaban J connectivity index is 1.70. The first kappa shape index (κ1) is 21.0. The first-order valence-corrected chi connectivity index (χ1v) is 11.7. The maximum absolute atomic E-state index is 13.0. The summed E-state index contributed by atoms with van der Waals surface area (Å²) in [6.45, 7) is 1.37. The quantitative estimate of drug-likeness (QED) is 0.746. The van der Waals surface area contributed by atoms with Gasteiger partial charge in [-0.05, 0) is 43.9 Å². The van der Waals surface area contributed by atoms with Gasteiger partial charge in [0.25, 0.3) is 10.0 Å². The van der Waals surface area contributed by atoms with Gasteiger partial charge in [-0.25, -0.2) is 8.42 Å². The van der Waals surface area contributed by atoms with Crippen molar-refractivity contribution in [1.82, 2.24) is 14.5 Å². The molecule has 0 saturated carbocycles. The number of likely N-dealkylation sites (N-methyl/N-ethyl adjacent to an activating group) is 1. The molecule has 2 unspecified atom stereocenters. The van der Waals surface area contributed by atoms with Crippen LogP contribution in [-0.4, -0.2) is 57.3 Å². The van der Waals surface area contributed by atoms with Gasteiger partial charge in [0.05, 0.1) is 12.0 Å². The maximum Gasteiger partial charge on any atom is 0.252 e. The molecular weight excluding hydrogens is 394 g/mol. The lowest BCUT2D eigenvalue weighted by Gasteiger charge is -2.32. The number of hydrogen-bond donors (Lipinski definition) is 1. The number of piperidine rings is 1. The van der Waals surface area contributed by atoms with E-state index in [1.54, 1.807) is 17.5 Å². The Bertz CT molecular complexity index is 867. The standard InChI is InChI=1S/C20H27N3O3S2/c1-22(2)15-18(16-8-4-3-5-9-16)21-20(24)17-10-6-12-23(14-17)28(25,26)19-11-7-13-27-19/h3-5,7-9,11,13,17-18H,6,10,12,14-15H2,1-2H3,(H,21,24). The van der Waals surface area contributed by atoms with Crippen molar-refractivity contribution in [3.63, 3.8) is 0 Å². The van der Waals surface area contributed by atoms with Crippen molar-refractivity contribution >= 4 is 27.3 Å². The van der Waals surface area contributed by atoms with Gasteiger partial charge >= 0.3 is 0 Å². The minimum Gasteiger partial charge on any atom is -0.348 e. The van der Waals surface area contributed by atoms with Crippen LogP contribution in [0.25, 0.3) is 0 Å². The first-order chi connectivity index (χ1) is 13.4. The lowest BCUT2D eigenvalue weighted by molar-refractivity contribution is -0.127. The van der Waals surface area contributed by atoms with Gasteiger partial charge in [-0.2, -0.15) is 4.31 Å². The topological polar surface area (TPSA) is 69.7 Å². The van der Waals surface area contributed by atoms with Crippen LogP contribution >= 0.6 is 11.3 Å². The molecule has 0 spiro atoms. The van der Waals surface area contributed by atoms with Crippen molar-refractivity contribution in [2.24, 2.45) is 5.92 Å².